The van der Waals surface area contributed by atoms with Gasteiger partial charge in [-0.2, -0.15) is 4.98 Å². The first kappa shape index (κ1) is 11.7. The molecule has 0 bridgehead atoms. The van der Waals surface area contributed by atoms with E-state index in [-0.39, 0.29) is 0 Å². The summed E-state index contributed by atoms with van der Waals surface area (Å²) in [5.41, 5.74) is 0.847. The van der Waals surface area contributed by atoms with Crippen molar-refractivity contribution in [2.45, 2.75) is 0 Å². The monoisotopic (exact) mass is 251 g/mol. The molecule has 0 amide bonds. The van der Waals surface area contributed by atoms with Gasteiger partial charge in [0.1, 0.15) is 11.5 Å². The Morgan fingerprint density at radius 2 is 2.06 bits per heavy atom. The van der Waals surface area contributed by atoms with E-state index in [2.05, 4.69) is 10.1 Å². The first-order valence-corrected chi connectivity index (χ1v) is 5.42. The lowest BCUT2D eigenvalue weighted by molar-refractivity contribution is 0.395. The van der Waals surface area contributed by atoms with Crippen LogP contribution in [0.3, 0.4) is 0 Å². The molecule has 90 valence electrons. The van der Waals surface area contributed by atoms with E-state index in [9.17, 15) is 0 Å². The molecule has 17 heavy (non-hydrogen) atoms. The zero-order chi connectivity index (χ0) is 12.4. The topological polar surface area (TPSA) is 52.1 Å². The lowest BCUT2D eigenvalue weighted by atomic mass is 10.2. The first-order valence-electron chi connectivity index (χ1n) is 5.01. The molecule has 1 aromatic heterocycles. The molecule has 0 saturated heterocycles. The fraction of sp³-hybridized carbons (Fsp3) is 0.273. The third kappa shape index (κ3) is 2.16. The van der Waals surface area contributed by atoms with Crippen LogP contribution in [0.15, 0.2) is 18.2 Å². The highest BCUT2D eigenvalue weighted by molar-refractivity contribution is 7.71. The number of aryl methyl sites for hydroxylation is 1. The van der Waals surface area contributed by atoms with Crippen LogP contribution in [0, 0.1) is 4.77 Å². The summed E-state index contributed by atoms with van der Waals surface area (Å²) in [6, 6.07) is 5.54. The van der Waals surface area contributed by atoms with Crippen LogP contribution in [0.4, 0.5) is 0 Å². The second-order valence-corrected chi connectivity index (χ2v) is 3.85. The molecule has 0 fully saturated rings. The summed E-state index contributed by atoms with van der Waals surface area (Å²) >= 11 is 5.06. The van der Waals surface area contributed by atoms with Crippen molar-refractivity contribution >= 4 is 12.2 Å². The van der Waals surface area contributed by atoms with Crippen molar-refractivity contribution in [2.75, 3.05) is 14.2 Å². The summed E-state index contributed by atoms with van der Waals surface area (Å²) in [4.78, 5) is 4.25. The molecule has 0 saturated carbocycles. The van der Waals surface area contributed by atoms with Gasteiger partial charge in [-0.3, -0.25) is 9.78 Å². The van der Waals surface area contributed by atoms with E-state index < -0.39 is 0 Å². The third-order valence-electron chi connectivity index (χ3n) is 2.43. The Labute approximate surface area is 104 Å². The fourth-order valence-electron chi connectivity index (χ4n) is 1.52. The molecular formula is C11H13N3O2S. The lowest BCUT2D eigenvalue weighted by Gasteiger charge is -2.08. The number of H-pyrrole nitrogens is 1. The molecule has 0 aliphatic heterocycles. The van der Waals surface area contributed by atoms with Gasteiger partial charge >= 0.3 is 0 Å². The number of benzene rings is 1. The van der Waals surface area contributed by atoms with Crippen LogP contribution in [0.2, 0.25) is 0 Å². The Bertz CT molecular complexity index is 589. The second kappa shape index (κ2) is 4.58. The second-order valence-electron chi connectivity index (χ2n) is 3.48. The van der Waals surface area contributed by atoms with E-state index in [0.717, 1.165) is 11.3 Å². The predicted octanol–water partition coefficient (Wildman–Crippen LogP) is 2.16. The standard InChI is InChI=1S/C11H13N3O2S/c1-14-11(17)12-10(13-14)8-5-4-7(15-2)6-9(8)16-3/h4-6H,1-3H3,(H,12,13,17). The summed E-state index contributed by atoms with van der Waals surface area (Å²) in [6.07, 6.45) is 0. The van der Waals surface area contributed by atoms with Gasteiger partial charge in [-0.05, 0) is 24.4 Å². The molecule has 1 heterocycles. The maximum atomic E-state index is 5.31. The number of nitrogens with zero attached hydrogens (tertiary/aromatic N) is 2. The van der Waals surface area contributed by atoms with Gasteiger partial charge in [0.25, 0.3) is 0 Å². The van der Waals surface area contributed by atoms with Crippen LogP contribution in [0.1, 0.15) is 0 Å². The number of hydrogen-bond donors (Lipinski definition) is 1. The van der Waals surface area contributed by atoms with Gasteiger partial charge < -0.3 is 9.47 Å². The van der Waals surface area contributed by atoms with Crippen molar-refractivity contribution in [2.24, 2.45) is 7.05 Å². The Balaban J connectivity index is 2.54. The van der Waals surface area contributed by atoms with Crippen molar-refractivity contribution in [1.82, 2.24) is 14.8 Å². The Morgan fingerprint density at radius 3 is 2.59 bits per heavy atom. The zero-order valence-corrected chi connectivity index (χ0v) is 10.7. The molecule has 0 aliphatic carbocycles. The minimum atomic E-state index is 0.498. The van der Waals surface area contributed by atoms with Crippen molar-refractivity contribution in [3.63, 3.8) is 0 Å². The van der Waals surface area contributed by atoms with Gasteiger partial charge in [0.05, 0.1) is 19.8 Å². The van der Waals surface area contributed by atoms with Gasteiger partial charge in [-0.1, -0.05) is 0 Å². The van der Waals surface area contributed by atoms with E-state index in [1.165, 1.54) is 0 Å². The Kier molecular flexibility index (Phi) is 3.14. The molecule has 0 unspecified atom stereocenters. The van der Waals surface area contributed by atoms with E-state index in [0.29, 0.717) is 16.3 Å². The van der Waals surface area contributed by atoms with Crippen LogP contribution < -0.4 is 9.47 Å². The Morgan fingerprint density at radius 1 is 1.29 bits per heavy atom. The largest absolute Gasteiger partial charge is 0.497 e. The van der Waals surface area contributed by atoms with Gasteiger partial charge in [0.15, 0.2) is 5.82 Å². The SMILES string of the molecule is COc1ccc(-c2nc(=S)n(C)[nH]2)c(OC)c1. The van der Waals surface area contributed by atoms with Gasteiger partial charge in [-0.25, -0.2) is 0 Å². The number of methoxy groups -OCH3 is 2. The minimum absolute atomic E-state index is 0.498. The smallest absolute Gasteiger partial charge is 0.216 e. The normalized spacial score (nSPS) is 10.3. The maximum Gasteiger partial charge on any atom is 0.216 e. The van der Waals surface area contributed by atoms with E-state index >= 15 is 0 Å². The molecule has 2 rings (SSSR count). The molecular weight excluding hydrogens is 238 g/mol. The number of hydrogen-bond acceptors (Lipinski definition) is 4. The van der Waals surface area contributed by atoms with E-state index in [1.807, 2.05) is 19.2 Å². The minimum Gasteiger partial charge on any atom is -0.497 e. The van der Waals surface area contributed by atoms with Gasteiger partial charge in [0, 0.05) is 13.1 Å². The van der Waals surface area contributed by atoms with Crippen molar-refractivity contribution < 1.29 is 9.47 Å². The first-order chi connectivity index (χ1) is 8.15. The van der Waals surface area contributed by atoms with Crippen molar-refractivity contribution in [3.8, 4) is 22.9 Å². The molecule has 0 aliphatic rings. The summed E-state index contributed by atoms with van der Waals surface area (Å²) < 4.78 is 12.6. The summed E-state index contributed by atoms with van der Waals surface area (Å²) in [6.45, 7) is 0. The van der Waals surface area contributed by atoms with Crippen LogP contribution in [0.25, 0.3) is 11.4 Å². The van der Waals surface area contributed by atoms with Crippen LogP contribution in [0.5, 0.6) is 11.5 Å². The van der Waals surface area contributed by atoms with E-state index in [1.54, 1.807) is 25.0 Å². The molecule has 1 aromatic carbocycles. The average Bonchev–Trinajstić information content (AvgIpc) is 2.68. The number of rotatable bonds is 3. The molecule has 0 radical (unpaired) electrons. The quantitative estimate of drug-likeness (QED) is 0.849. The van der Waals surface area contributed by atoms with Gasteiger partial charge in [0.2, 0.25) is 4.77 Å². The summed E-state index contributed by atoms with van der Waals surface area (Å²) in [5.74, 6) is 2.10. The van der Waals surface area contributed by atoms with Gasteiger partial charge in [-0.15, -0.1) is 0 Å². The summed E-state index contributed by atoms with van der Waals surface area (Å²) in [5, 5.41) is 3.05. The molecule has 5 nitrogen and oxygen atoms in total. The van der Waals surface area contributed by atoms with Crippen molar-refractivity contribution in [1.29, 1.82) is 0 Å². The Hall–Kier alpha value is -1.82. The highest BCUT2D eigenvalue weighted by atomic mass is 32.1. The number of nitrogens with one attached hydrogen (secondary N) is 1. The molecule has 0 spiro atoms. The number of aromatic amines is 1. The molecule has 1 N–H and O–H groups in total. The van der Waals surface area contributed by atoms with Crippen LogP contribution >= 0.6 is 12.2 Å². The summed E-state index contributed by atoms with van der Waals surface area (Å²) in [7, 11) is 5.04. The molecule has 0 atom stereocenters. The zero-order valence-electron chi connectivity index (χ0n) is 9.85. The number of aromatic nitrogens is 3. The fourth-order valence-corrected chi connectivity index (χ4v) is 1.65. The molecule has 2 aromatic rings. The predicted molar refractivity (Wildman–Crippen MR) is 66.9 cm³/mol. The van der Waals surface area contributed by atoms with Crippen LogP contribution in [-0.4, -0.2) is 29.0 Å². The maximum absolute atomic E-state index is 5.31. The highest BCUT2D eigenvalue weighted by Gasteiger charge is 2.10. The number of ether oxygens (including phenoxy) is 2. The van der Waals surface area contributed by atoms with Crippen LogP contribution in [-0.2, 0) is 7.05 Å². The van der Waals surface area contributed by atoms with Crippen molar-refractivity contribution in [3.05, 3.63) is 23.0 Å². The highest BCUT2D eigenvalue weighted by Crippen LogP contribution is 2.31. The lowest BCUT2D eigenvalue weighted by Crippen LogP contribution is -1.93. The average molecular weight is 251 g/mol. The molecule has 6 heteroatoms. The van der Waals surface area contributed by atoms with E-state index in [4.69, 9.17) is 21.7 Å². The third-order valence-corrected chi connectivity index (χ3v) is 2.80.